The Morgan fingerprint density at radius 2 is 2.00 bits per heavy atom. The van der Waals surface area contributed by atoms with Crippen LogP contribution in [0.2, 0.25) is 0 Å². The van der Waals surface area contributed by atoms with Gasteiger partial charge < -0.3 is 10.4 Å². The molecule has 2 fully saturated rings. The maximum absolute atomic E-state index is 10.9. The van der Waals surface area contributed by atoms with E-state index in [4.69, 9.17) is 5.11 Å². The Morgan fingerprint density at radius 3 is 2.64 bits per heavy atom. The first kappa shape index (κ1) is 9.93. The van der Waals surface area contributed by atoms with Crippen molar-refractivity contribution in [3.63, 3.8) is 0 Å². The normalized spacial score (nSPS) is 34.6. The maximum atomic E-state index is 10.9. The highest BCUT2D eigenvalue weighted by Gasteiger charge is 2.31. The number of likely N-dealkylation sites (tertiary alicyclic amines) is 1. The summed E-state index contributed by atoms with van der Waals surface area (Å²) < 4.78 is 0. The lowest BCUT2D eigenvalue weighted by Crippen LogP contribution is -2.49. The minimum atomic E-state index is -0.651. The Kier molecular flexibility index (Phi) is 3.03. The second-order valence-corrected chi connectivity index (χ2v) is 4.33. The van der Waals surface area contributed by atoms with Crippen LogP contribution >= 0.6 is 0 Å². The summed E-state index contributed by atoms with van der Waals surface area (Å²) in [6, 6.07) is 0.451. The fourth-order valence-electron chi connectivity index (χ4n) is 2.49. The molecule has 0 unspecified atom stereocenters. The van der Waals surface area contributed by atoms with Crippen molar-refractivity contribution >= 4 is 5.97 Å². The summed E-state index contributed by atoms with van der Waals surface area (Å²) in [5, 5.41) is 12.2. The summed E-state index contributed by atoms with van der Waals surface area (Å²) in [5.74, 6) is -0.837. The first-order valence-electron chi connectivity index (χ1n) is 5.45. The molecule has 0 spiro atoms. The lowest BCUT2D eigenvalue weighted by molar-refractivity contribution is -0.142. The molecule has 0 bridgehead atoms. The smallest absolute Gasteiger partial charge is 0.307 e. The van der Waals surface area contributed by atoms with Gasteiger partial charge in [-0.3, -0.25) is 9.69 Å². The van der Waals surface area contributed by atoms with Crippen molar-refractivity contribution in [2.75, 3.05) is 26.2 Å². The number of piperidine rings is 1. The molecule has 0 aliphatic carbocycles. The van der Waals surface area contributed by atoms with Crippen molar-refractivity contribution < 1.29 is 9.90 Å². The van der Waals surface area contributed by atoms with Gasteiger partial charge in [-0.25, -0.2) is 0 Å². The topological polar surface area (TPSA) is 52.6 Å². The van der Waals surface area contributed by atoms with E-state index < -0.39 is 5.97 Å². The quantitative estimate of drug-likeness (QED) is 0.663. The van der Waals surface area contributed by atoms with Crippen molar-refractivity contribution in [1.82, 2.24) is 10.2 Å². The van der Waals surface area contributed by atoms with E-state index in [0.29, 0.717) is 12.6 Å². The monoisotopic (exact) mass is 198 g/mol. The van der Waals surface area contributed by atoms with Crippen molar-refractivity contribution in [2.45, 2.75) is 25.3 Å². The predicted octanol–water partition coefficient (Wildman–Crippen LogP) is 0.145. The Morgan fingerprint density at radius 1 is 1.29 bits per heavy atom. The molecule has 4 nitrogen and oxygen atoms in total. The molecule has 2 N–H and O–H groups in total. The van der Waals surface area contributed by atoms with E-state index in [1.54, 1.807) is 0 Å². The number of carbonyl (C=O) groups is 1. The highest BCUT2D eigenvalue weighted by atomic mass is 16.4. The molecule has 0 saturated carbocycles. The minimum absolute atomic E-state index is 0.186. The predicted molar refractivity (Wildman–Crippen MR) is 53.2 cm³/mol. The van der Waals surface area contributed by atoms with Crippen LogP contribution in [0.5, 0.6) is 0 Å². The molecule has 80 valence electrons. The van der Waals surface area contributed by atoms with Crippen LogP contribution in [0.4, 0.5) is 0 Å². The number of carboxylic acids is 1. The van der Waals surface area contributed by atoms with E-state index in [-0.39, 0.29) is 5.92 Å². The molecule has 0 aromatic heterocycles. The lowest BCUT2D eigenvalue weighted by atomic mass is 9.95. The molecule has 2 saturated heterocycles. The van der Waals surface area contributed by atoms with E-state index >= 15 is 0 Å². The van der Waals surface area contributed by atoms with Crippen molar-refractivity contribution in [3.05, 3.63) is 0 Å². The molecular formula is C10H18N2O2. The second kappa shape index (κ2) is 4.28. The average Bonchev–Trinajstić information content (AvgIpc) is 2.71. The Hall–Kier alpha value is -0.610. The molecule has 2 rings (SSSR count). The number of rotatable bonds is 2. The standard InChI is InChI=1S/C10H18N2O2/c13-10(14)8-5-9(7-11-6-8)12-3-1-2-4-12/h8-9,11H,1-7H2,(H,13,14)/t8-,9+/m1/s1. The van der Waals surface area contributed by atoms with Crippen LogP contribution in [0.15, 0.2) is 0 Å². The number of nitrogens with one attached hydrogen (secondary N) is 1. The van der Waals surface area contributed by atoms with Crippen molar-refractivity contribution in [3.8, 4) is 0 Å². The molecule has 4 heteroatoms. The second-order valence-electron chi connectivity index (χ2n) is 4.33. The van der Waals surface area contributed by atoms with E-state index in [1.165, 1.54) is 12.8 Å². The molecule has 0 amide bonds. The Bertz CT molecular complexity index is 214. The molecule has 2 aliphatic rings. The SMILES string of the molecule is O=C(O)[C@H]1CNC[C@@H](N2CCCC2)C1. The number of hydrogen-bond donors (Lipinski definition) is 2. The van der Waals surface area contributed by atoms with Crippen LogP contribution in [0.1, 0.15) is 19.3 Å². The molecule has 2 heterocycles. The highest BCUT2D eigenvalue weighted by molar-refractivity contribution is 5.70. The summed E-state index contributed by atoms with van der Waals surface area (Å²) in [4.78, 5) is 13.3. The zero-order valence-corrected chi connectivity index (χ0v) is 8.41. The molecule has 0 aromatic carbocycles. The van der Waals surface area contributed by atoms with Gasteiger partial charge in [-0.05, 0) is 32.4 Å². The van der Waals surface area contributed by atoms with Gasteiger partial charge in [-0.1, -0.05) is 0 Å². The average molecular weight is 198 g/mol. The molecule has 0 aromatic rings. The number of hydrogen-bond acceptors (Lipinski definition) is 3. The molecule has 2 aliphatic heterocycles. The molecular weight excluding hydrogens is 180 g/mol. The first-order chi connectivity index (χ1) is 6.77. The van der Waals surface area contributed by atoms with Gasteiger partial charge in [0, 0.05) is 19.1 Å². The van der Waals surface area contributed by atoms with Crippen LogP contribution in [0.3, 0.4) is 0 Å². The van der Waals surface area contributed by atoms with Gasteiger partial charge in [-0.2, -0.15) is 0 Å². The summed E-state index contributed by atoms with van der Waals surface area (Å²) in [6.07, 6.45) is 3.37. The van der Waals surface area contributed by atoms with E-state index in [2.05, 4.69) is 10.2 Å². The lowest BCUT2D eigenvalue weighted by Gasteiger charge is -2.34. The van der Waals surface area contributed by atoms with Crippen LogP contribution in [0.25, 0.3) is 0 Å². The van der Waals surface area contributed by atoms with Gasteiger partial charge in [0.05, 0.1) is 5.92 Å². The van der Waals surface area contributed by atoms with Gasteiger partial charge >= 0.3 is 5.97 Å². The van der Waals surface area contributed by atoms with Gasteiger partial charge in [0.25, 0.3) is 0 Å². The van der Waals surface area contributed by atoms with Crippen LogP contribution in [-0.2, 0) is 4.79 Å². The third kappa shape index (κ3) is 2.07. The number of carboxylic acid groups (broad SMARTS) is 1. The summed E-state index contributed by atoms with van der Waals surface area (Å²) in [7, 11) is 0. The summed E-state index contributed by atoms with van der Waals surface area (Å²) in [5.41, 5.74) is 0. The first-order valence-corrected chi connectivity index (χ1v) is 5.45. The fraction of sp³-hybridized carbons (Fsp3) is 0.900. The Labute approximate surface area is 84.3 Å². The fourth-order valence-corrected chi connectivity index (χ4v) is 2.49. The molecule has 14 heavy (non-hydrogen) atoms. The highest BCUT2D eigenvalue weighted by Crippen LogP contribution is 2.20. The molecule has 2 atom stereocenters. The largest absolute Gasteiger partial charge is 0.481 e. The molecule has 0 radical (unpaired) electrons. The number of nitrogens with zero attached hydrogens (tertiary/aromatic N) is 1. The van der Waals surface area contributed by atoms with E-state index in [0.717, 1.165) is 26.1 Å². The van der Waals surface area contributed by atoms with Crippen LogP contribution in [0, 0.1) is 5.92 Å². The van der Waals surface area contributed by atoms with Gasteiger partial charge in [0.2, 0.25) is 0 Å². The maximum Gasteiger partial charge on any atom is 0.307 e. The summed E-state index contributed by atoms with van der Waals surface area (Å²) >= 11 is 0. The van der Waals surface area contributed by atoms with Gasteiger partial charge in [0.15, 0.2) is 0 Å². The van der Waals surface area contributed by atoms with Crippen molar-refractivity contribution in [1.29, 1.82) is 0 Å². The third-order valence-electron chi connectivity index (χ3n) is 3.33. The van der Waals surface area contributed by atoms with Gasteiger partial charge in [-0.15, -0.1) is 0 Å². The van der Waals surface area contributed by atoms with Gasteiger partial charge in [0.1, 0.15) is 0 Å². The Balaban J connectivity index is 1.89. The zero-order valence-electron chi connectivity index (χ0n) is 8.41. The minimum Gasteiger partial charge on any atom is -0.481 e. The van der Waals surface area contributed by atoms with Crippen molar-refractivity contribution in [2.24, 2.45) is 5.92 Å². The van der Waals surface area contributed by atoms with E-state index in [1.807, 2.05) is 0 Å². The third-order valence-corrected chi connectivity index (χ3v) is 3.33. The number of aliphatic carboxylic acids is 1. The van der Waals surface area contributed by atoms with Crippen LogP contribution in [-0.4, -0.2) is 48.2 Å². The van der Waals surface area contributed by atoms with Crippen LogP contribution < -0.4 is 5.32 Å². The van der Waals surface area contributed by atoms with E-state index in [9.17, 15) is 4.79 Å². The zero-order chi connectivity index (χ0) is 9.97. The summed E-state index contributed by atoms with van der Waals surface area (Å²) in [6.45, 7) is 3.90.